The number of H-pyrrole nitrogens is 1. The Morgan fingerprint density at radius 1 is 1.50 bits per heavy atom. The highest BCUT2D eigenvalue weighted by molar-refractivity contribution is 5.92. The Kier molecular flexibility index (Phi) is 2.69. The molecule has 14 heavy (non-hydrogen) atoms. The number of rotatable bonds is 1. The molecule has 1 aromatic heterocycles. The number of aromatic nitrogens is 2. The highest BCUT2D eigenvalue weighted by Gasteiger charge is 2.15. The van der Waals surface area contributed by atoms with Crippen molar-refractivity contribution in [3.05, 3.63) is 28.4 Å². The van der Waals surface area contributed by atoms with Gasteiger partial charge in [0.15, 0.2) is 0 Å². The first-order chi connectivity index (χ1) is 6.38. The quantitative estimate of drug-likeness (QED) is 0.676. The molecule has 2 N–H and O–H groups in total. The van der Waals surface area contributed by atoms with Gasteiger partial charge in [0.25, 0.3) is 5.91 Å². The summed E-state index contributed by atoms with van der Waals surface area (Å²) in [6.07, 6.45) is 1.30. The topological polar surface area (TPSA) is 74.8 Å². The van der Waals surface area contributed by atoms with E-state index < -0.39 is 5.69 Å². The lowest BCUT2D eigenvalue weighted by atomic mass is 10.1. The van der Waals surface area contributed by atoms with E-state index in [1.54, 1.807) is 0 Å². The Bertz CT molecular complexity index is 390. The number of carbonyl (C=O) groups excluding carboxylic acids is 1. The van der Waals surface area contributed by atoms with Crippen LogP contribution in [0, 0.1) is 0 Å². The maximum absolute atomic E-state index is 11.5. The lowest BCUT2D eigenvalue weighted by molar-refractivity contribution is 0.0914. The van der Waals surface area contributed by atoms with Gasteiger partial charge < -0.3 is 10.3 Å². The van der Waals surface area contributed by atoms with Gasteiger partial charge >= 0.3 is 5.69 Å². The molecule has 1 rings (SSSR count). The zero-order chi connectivity index (χ0) is 10.8. The van der Waals surface area contributed by atoms with Gasteiger partial charge in [0, 0.05) is 11.7 Å². The van der Waals surface area contributed by atoms with Gasteiger partial charge in [0.05, 0.1) is 0 Å². The van der Waals surface area contributed by atoms with E-state index in [1.807, 2.05) is 20.8 Å². The second-order valence-corrected chi connectivity index (χ2v) is 3.99. The average molecular weight is 195 g/mol. The number of carbonyl (C=O) groups is 1. The Hall–Kier alpha value is -1.65. The first kappa shape index (κ1) is 10.4. The van der Waals surface area contributed by atoms with Crippen molar-refractivity contribution in [1.82, 2.24) is 15.3 Å². The zero-order valence-electron chi connectivity index (χ0n) is 8.42. The van der Waals surface area contributed by atoms with E-state index in [1.165, 1.54) is 12.3 Å². The number of nitrogens with zero attached hydrogens (tertiary/aromatic N) is 1. The molecule has 0 spiro atoms. The molecule has 0 fully saturated rings. The van der Waals surface area contributed by atoms with Gasteiger partial charge in [-0.1, -0.05) is 0 Å². The van der Waals surface area contributed by atoms with Gasteiger partial charge in [-0.3, -0.25) is 4.79 Å². The van der Waals surface area contributed by atoms with Crippen LogP contribution < -0.4 is 11.0 Å². The van der Waals surface area contributed by atoms with E-state index in [-0.39, 0.29) is 17.1 Å². The van der Waals surface area contributed by atoms with Crippen LogP contribution in [0.3, 0.4) is 0 Å². The standard InChI is InChI=1S/C9H13N3O2/c1-9(2,3)12-7(13)6-4-5-10-8(14)11-6/h4-5H,1-3H3,(H,12,13)(H,10,11,14). The highest BCUT2D eigenvalue weighted by Crippen LogP contribution is 2.00. The summed E-state index contributed by atoms with van der Waals surface area (Å²) in [7, 11) is 0. The predicted octanol–water partition coefficient (Wildman–Crippen LogP) is 0.298. The Labute approximate surface area is 81.6 Å². The molecule has 5 heteroatoms. The molecule has 1 heterocycles. The lowest BCUT2D eigenvalue weighted by Crippen LogP contribution is -2.41. The van der Waals surface area contributed by atoms with Crippen LogP contribution in [0.5, 0.6) is 0 Å². The van der Waals surface area contributed by atoms with Gasteiger partial charge in [0.1, 0.15) is 5.69 Å². The van der Waals surface area contributed by atoms with Crippen molar-refractivity contribution >= 4 is 5.91 Å². The van der Waals surface area contributed by atoms with E-state index in [4.69, 9.17) is 0 Å². The number of nitrogens with one attached hydrogen (secondary N) is 2. The van der Waals surface area contributed by atoms with Crippen LogP contribution in [0.15, 0.2) is 17.1 Å². The van der Waals surface area contributed by atoms with Crippen LogP contribution >= 0.6 is 0 Å². The Balaban J connectivity index is 2.86. The molecule has 0 radical (unpaired) electrons. The molecule has 0 unspecified atom stereocenters. The summed E-state index contributed by atoms with van der Waals surface area (Å²) in [5.41, 5.74) is -0.622. The van der Waals surface area contributed by atoms with E-state index in [2.05, 4.69) is 15.3 Å². The molecular formula is C9H13N3O2. The average Bonchev–Trinajstić information content (AvgIpc) is 2.01. The molecular weight excluding hydrogens is 182 g/mol. The normalized spacial score (nSPS) is 11.1. The molecule has 0 aromatic carbocycles. The molecule has 1 aromatic rings. The number of amides is 1. The number of hydrogen-bond donors (Lipinski definition) is 2. The van der Waals surface area contributed by atoms with Crippen LogP contribution in [-0.4, -0.2) is 21.4 Å². The highest BCUT2D eigenvalue weighted by atomic mass is 16.2. The smallest absolute Gasteiger partial charge is 0.345 e. The van der Waals surface area contributed by atoms with E-state index >= 15 is 0 Å². The van der Waals surface area contributed by atoms with Crippen molar-refractivity contribution in [2.45, 2.75) is 26.3 Å². The summed E-state index contributed by atoms with van der Waals surface area (Å²) in [6.45, 7) is 5.60. The summed E-state index contributed by atoms with van der Waals surface area (Å²) < 4.78 is 0. The third-order valence-electron chi connectivity index (χ3n) is 1.41. The first-order valence-electron chi connectivity index (χ1n) is 4.26. The van der Waals surface area contributed by atoms with E-state index in [0.717, 1.165) is 0 Å². The second kappa shape index (κ2) is 3.61. The first-order valence-corrected chi connectivity index (χ1v) is 4.26. The van der Waals surface area contributed by atoms with Crippen LogP contribution in [0.4, 0.5) is 0 Å². The number of aromatic amines is 1. The van der Waals surface area contributed by atoms with Crippen molar-refractivity contribution in [3.8, 4) is 0 Å². The summed E-state index contributed by atoms with van der Waals surface area (Å²) in [6, 6.07) is 1.46. The molecule has 5 nitrogen and oxygen atoms in total. The Morgan fingerprint density at radius 3 is 2.64 bits per heavy atom. The largest absolute Gasteiger partial charge is 0.346 e. The monoisotopic (exact) mass is 195 g/mol. The van der Waals surface area contributed by atoms with E-state index in [9.17, 15) is 9.59 Å². The molecule has 0 saturated heterocycles. The summed E-state index contributed by atoms with van der Waals surface area (Å²) in [5, 5.41) is 2.73. The van der Waals surface area contributed by atoms with Gasteiger partial charge in [-0.25, -0.2) is 9.78 Å². The molecule has 76 valence electrons. The summed E-state index contributed by atoms with van der Waals surface area (Å²) in [4.78, 5) is 28.1. The molecule has 1 amide bonds. The lowest BCUT2D eigenvalue weighted by Gasteiger charge is -2.20. The van der Waals surface area contributed by atoms with Gasteiger partial charge in [0.2, 0.25) is 0 Å². The van der Waals surface area contributed by atoms with Gasteiger partial charge in [-0.05, 0) is 26.8 Å². The molecule has 0 aliphatic rings. The summed E-state index contributed by atoms with van der Waals surface area (Å²) >= 11 is 0. The van der Waals surface area contributed by atoms with Crippen molar-refractivity contribution in [1.29, 1.82) is 0 Å². The van der Waals surface area contributed by atoms with Gasteiger partial charge in [-0.15, -0.1) is 0 Å². The third-order valence-corrected chi connectivity index (χ3v) is 1.41. The molecule has 0 atom stereocenters. The molecule has 0 saturated carbocycles. The fraction of sp³-hybridized carbons (Fsp3) is 0.444. The minimum absolute atomic E-state index is 0.222. The van der Waals surface area contributed by atoms with Crippen LogP contribution in [0.2, 0.25) is 0 Å². The fourth-order valence-electron chi connectivity index (χ4n) is 0.909. The van der Waals surface area contributed by atoms with Crippen LogP contribution in [0.25, 0.3) is 0 Å². The van der Waals surface area contributed by atoms with Crippen LogP contribution in [0.1, 0.15) is 31.3 Å². The van der Waals surface area contributed by atoms with Crippen molar-refractivity contribution < 1.29 is 4.79 Å². The van der Waals surface area contributed by atoms with Crippen molar-refractivity contribution in [3.63, 3.8) is 0 Å². The van der Waals surface area contributed by atoms with Crippen LogP contribution in [-0.2, 0) is 0 Å². The zero-order valence-corrected chi connectivity index (χ0v) is 8.42. The molecule has 0 bridgehead atoms. The van der Waals surface area contributed by atoms with Gasteiger partial charge in [-0.2, -0.15) is 0 Å². The van der Waals surface area contributed by atoms with E-state index in [0.29, 0.717) is 0 Å². The Morgan fingerprint density at radius 2 is 2.14 bits per heavy atom. The fourth-order valence-corrected chi connectivity index (χ4v) is 0.909. The number of hydrogen-bond acceptors (Lipinski definition) is 3. The minimum Gasteiger partial charge on any atom is -0.346 e. The third kappa shape index (κ3) is 3.01. The predicted molar refractivity (Wildman–Crippen MR) is 52.1 cm³/mol. The second-order valence-electron chi connectivity index (χ2n) is 3.99. The maximum atomic E-state index is 11.5. The molecule has 0 aliphatic carbocycles. The maximum Gasteiger partial charge on any atom is 0.345 e. The minimum atomic E-state index is -0.522. The summed E-state index contributed by atoms with van der Waals surface area (Å²) in [5.74, 6) is -0.308. The molecule has 0 aliphatic heterocycles. The van der Waals surface area contributed by atoms with Crippen molar-refractivity contribution in [2.75, 3.05) is 0 Å². The SMILES string of the molecule is CC(C)(C)NC(=O)c1ccnc(=O)[nH]1. The van der Waals surface area contributed by atoms with Crippen molar-refractivity contribution in [2.24, 2.45) is 0 Å².